The molecule has 0 bridgehead atoms. The molecule has 1 aromatic carbocycles. The first kappa shape index (κ1) is 11.2. The summed E-state index contributed by atoms with van der Waals surface area (Å²) in [6.07, 6.45) is 1.05. The average Bonchev–Trinajstić information content (AvgIpc) is 2.71. The molecule has 0 unspecified atom stereocenters. The third kappa shape index (κ3) is 1.99. The van der Waals surface area contributed by atoms with Gasteiger partial charge in [0.15, 0.2) is 0 Å². The molecule has 0 aliphatic heterocycles. The van der Waals surface area contributed by atoms with E-state index in [9.17, 15) is 9.59 Å². The van der Waals surface area contributed by atoms with E-state index >= 15 is 0 Å². The number of hydrogen-bond donors (Lipinski definition) is 1. The summed E-state index contributed by atoms with van der Waals surface area (Å²) in [6, 6.07) is 6.35. The standard InChI is InChI=1S/C12H11NO4/c1-2-17-12(16)13-6-5-8-3-4-9(11(14)15)7-10(8)13/h3-7H,2H2,1H3,(H,14,15). The molecule has 0 saturated heterocycles. The van der Waals surface area contributed by atoms with E-state index in [1.807, 2.05) is 0 Å². The molecule has 1 heterocycles. The molecule has 5 nitrogen and oxygen atoms in total. The van der Waals surface area contributed by atoms with Crippen LogP contribution in [0.25, 0.3) is 10.9 Å². The number of benzene rings is 1. The first-order valence-corrected chi connectivity index (χ1v) is 5.15. The van der Waals surface area contributed by atoms with E-state index in [1.165, 1.54) is 16.7 Å². The fourth-order valence-corrected chi connectivity index (χ4v) is 1.61. The van der Waals surface area contributed by atoms with Crippen molar-refractivity contribution in [2.45, 2.75) is 6.92 Å². The molecule has 1 aromatic heterocycles. The SMILES string of the molecule is CCOC(=O)n1ccc2ccc(C(=O)O)cc21. The van der Waals surface area contributed by atoms with Crippen molar-refractivity contribution in [1.29, 1.82) is 0 Å². The number of ether oxygens (including phenoxy) is 1. The number of rotatable bonds is 2. The molecule has 0 amide bonds. The molecule has 0 spiro atoms. The second-order valence-corrected chi connectivity index (χ2v) is 3.46. The van der Waals surface area contributed by atoms with Crippen molar-refractivity contribution < 1.29 is 19.4 Å². The van der Waals surface area contributed by atoms with E-state index in [0.717, 1.165) is 5.39 Å². The van der Waals surface area contributed by atoms with Gasteiger partial charge in [0, 0.05) is 11.6 Å². The Labute approximate surface area is 97.2 Å². The molecule has 0 aliphatic carbocycles. The minimum absolute atomic E-state index is 0.141. The lowest BCUT2D eigenvalue weighted by Gasteiger charge is -2.04. The molecule has 1 N–H and O–H groups in total. The summed E-state index contributed by atoms with van der Waals surface area (Å²) >= 11 is 0. The smallest absolute Gasteiger partial charge is 0.418 e. The summed E-state index contributed by atoms with van der Waals surface area (Å²) in [5.74, 6) is -1.02. The third-order valence-corrected chi connectivity index (χ3v) is 2.40. The number of aromatic carboxylic acids is 1. The van der Waals surface area contributed by atoms with Crippen molar-refractivity contribution in [3.8, 4) is 0 Å². The quantitative estimate of drug-likeness (QED) is 0.864. The lowest BCUT2D eigenvalue weighted by Crippen LogP contribution is -2.12. The average molecular weight is 233 g/mol. The normalized spacial score (nSPS) is 10.4. The van der Waals surface area contributed by atoms with Gasteiger partial charge in [-0.1, -0.05) is 6.07 Å². The highest BCUT2D eigenvalue weighted by Gasteiger charge is 2.11. The Morgan fingerprint density at radius 3 is 2.76 bits per heavy atom. The lowest BCUT2D eigenvalue weighted by molar-refractivity contribution is 0.0697. The van der Waals surface area contributed by atoms with Crippen LogP contribution in [0.3, 0.4) is 0 Å². The summed E-state index contributed by atoms with van der Waals surface area (Å²) in [7, 11) is 0. The maximum Gasteiger partial charge on any atom is 0.418 e. The van der Waals surface area contributed by atoms with Crippen molar-refractivity contribution in [3.05, 3.63) is 36.0 Å². The van der Waals surface area contributed by atoms with Crippen molar-refractivity contribution in [2.24, 2.45) is 0 Å². The Morgan fingerprint density at radius 2 is 2.12 bits per heavy atom. The number of carboxylic acids is 1. The topological polar surface area (TPSA) is 68.5 Å². The first-order valence-electron chi connectivity index (χ1n) is 5.15. The van der Waals surface area contributed by atoms with Crippen LogP contribution in [0.5, 0.6) is 0 Å². The van der Waals surface area contributed by atoms with Crippen molar-refractivity contribution in [2.75, 3.05) is 6.61 Å². The zero-order valence-electron chi connectivity index (χ0n) is 9.21. The fourth-order valence-electron chi connectivity index (χ4n) is 1.61. The predicted molar refractivity (Wildman–Crippen MR) is 61.3 cm³/mol. The number of nitrogens with zero attached hydrogens (tertiary/aromatic N) is 1. The predicted octanol–water partition coefficient (Wildman–Crippen LogP) is 2.34. The second-order valence-electron chi connectivity index (χ2n) is 3.46. The summed E-state index contributed by atoms with van der Waals surface area (Å²) in [5, 5.41) is 9.68. The van der Waals surface area contributed by atoms with Crippen LogP contribution < -0.4 is 0 Å². The number of aromatic nitrogens is 1. The minimum Gasteiger partial charge on any atom is -0.478 e. The molecule has 17 heavy (non-hydrogen) atoms. The Bertz CT molecular complexity index is 585. The van der Waals surface area contributed by atoms with Crippen LogP contribution in [0, 0.1) is 0 Å². The van der Waals surface area contributed by atoms with Crippen LogP contribution in [0.1, 0.15) is 17.3 Å². The Hall–Kier alpha value is -2.30. The maximum atomic E-state index is 11.6. The van der Waals surface area contributed by atoms with Crippen LogP contribution in [0.4, 0.5) is 4.79 Å². The summed E-state index contributed by atoms with van der Waals surface area (Å²) in [5.41, 5.74) is 0.671. The summed E-state index contributed by atoms with van der Waals surface area (Å²) in [6.45, 7) is 1.99. The van der Waals surface area contributed by atoms with Gasteiger partial charge in [0.25, 0.3) is 0 Å². The Morgan fingerprint density at radius 1 is 1.35 bits per heavy atom. The molecule has 88 valence electrons. The van der Waals surface area contributed by atoms with E-state index in [0.29, 0.717) is 5.52 Å². The highest BCUT2D eigenvalue weighted by atomic mass is 16.5. The van der Waals surface area contributed by atoms with Gasteiger partial charge in [-0.15, -0.1) is 0 Å². The highest BCUT2D eigenvalue weighted by molar-refractivity contribution is 5.96. The Kier molecular flexibility index (Phi) is 2.82. The monoisotopic (exact) mass is 233 g/mol. The van der Waals surface area contributed by atoms with Gasteiger partial charge in [0.1, 0.15) is 0 Å². The summed E-state index contributed by atoms with van der Waals surface area (Å²) < 4.78 is 6.17. The number of fused-ring (bicyclic) bond motifs is 1. The van der Waals surface area contributed by atoms with Gasteiger partial charge in [-0.05, 0) is 25.1 Å². The van der Waals surface area contributed by atoms with Crippen LogP contribution >= 0.6 is 0 Å². The Balaban J connectivity index is 2.54. The van der Waals surface area contributed by atoms with Crippen molar-refractivity contribution >= 4 is 23.0 Å². The molecule has 0 atom stereocenters. The number of carbonyl (C=O) groups is 2. The van der Waals surface area contributed by atoms with Gasteiger partial charge >= 0.3 is 12.1 Å². The maximum absolute atomic E-state index is 11.6. The van der Waals surface area contributed by atoms with Crippen LogP contribution in [-0.4, -0.2) is 28.3 Å². The van der Waals surface area contributed by atoms with Gasteiger partial charge < -0.3 is 9.84 Å². The minimum atomic E-state index is -1.02. The number of hydrogen-bond acceptors (Lipinski definition) is 3. The zero-order valence-corrected chi connectivity index (χ0v) is 9.21. The van der Waals surface area contributed by atoms with Crippen LogP contribution in [-0.2, 0) is 4.74 Å². The van der Waals surface area contributed by atoms with Crippen LogP contribution in [0.2, 0.25) is 0 Å². The zero-order chi connectivity index (χ0) is 12.4. The van der Waals surface area contributed by atoms with Crippen molar-refractivity contribution in [3.63, 3.8) is 0 Å². The van der Waals surface area contributed by atoms with E-state index in [-0.39, 0.29) is 12.2 Å². The van der Waals surface area contributed by atoms with E-state index in [4.69, 9.17) is 9.84 Å². The molecule has 0 radical (unpaired) electrons. The van der Waals surface area contributed by atoms with Gasteiger partial charge in [0.2, 0.25) is 0 Å². The number of carboxylic acid groups (broad SMARTS) is 1. The molecule has 0 aliphatic rings. The molecule has 2 aromatic rings. The van der Waals surface area contributed by atoms with E-state index in [1.54, 1.807) is 25.3 Å². The molecular formula is C12H11NO4. The second kappa shape index (κ2) is 4.29. The number of carbonyl (C=O) groups excluding carboxylic acids is 1. The van der Waals surface area contributed by atoms with Crippen LogP contribution in [0.15, 0.2) is 30.5 Å². The molecule has 0 saturated carbocycles. The third-order valence-electron chi connectivity index (χ3n) is 2.40. The highest BCUT2D eigenvalue weighted by Crippen LogP contribution is 2.18. The van der Waals surface area contributed by atoms with Gasteiger partial charge in [-0.25, -0.2) is 9.59 Å². The van der Waals surface area contributed by atoms with Gasteiger partial charge in [-0.3, -0.25) is 4.57 Å². The molecule has 0 fully saturated rings. The van der Waals surface area contributed by atoms with E-state index in [2.05, 4.69) is 0 Å². The largest absolute Gasteiger partial charge is 0.478 e. The van der Waals surface area contributed by atoms with Crippen molar-refractivity contribution in [1.82, 2.24) is 4.57 Å². The molecule has 2 rings (SSSR count). The molecular weight excluding hydrogens is 222 g/mol. The van der Waals surface area contributed by atoms with Gasteiger partial charge in [-0.2, -0.15) is 0 Å². The van der Waals surface area contributed by atoms with Gasteiger partial charge in [0.05, 0.1) is 17.7 Å². The lowest BCUT2D eigenvalue weighted by atomic mass is 10.2. The first-order chi connectivity index (χ1) is 8.13. The van der Waals surface area contributed by atoms with E-state index < -0.39 is 12.1 Å². The molecule has 5 heteroatoms. The fraction of sp³-hybridized carbons (Fsp3) is 0.167. The summed E-state index contributed by atoms with van der Waals surface area (Å²) in [4.78, 5) is 22.4.